The number of hydrogen-bond acceptors (Lipinski definition) is 2. The van der Waals surface area contributed by atoms with Crippen molar-refractivity contribution in [2.45, 2.75) is 13.3 Å². The van der Waals surface area contributed by atoms with Crippen LogP contribution >= 0.6 is 22.6 Å². The van der Waals surface area contributed by atoms with Gasteiger partial charge in [-0.15, -0.1) is 0 Å². The minimum absolute atomic E-state index is 0.848. The molecule has 0 aliphatic carbocycles. The van der Waals surface area contributed by atoms with Gasteiger partial charge in [-0.2, -0.15) is 0 Å². The molecule has 0 unspecified atom stereocenters. The first-order valence-corrected chi connectivity index (χ1v) is 5.96. The number of aryl methyl sites for hydroxylation is 1. The summed E-state index contributed by atoms with van der Waals surface area (Å²) in [7, 11) is 1.68. The normalized spacial score (nSPS) is 10.6. The van der Waals surface area contributed by atoms with Crippen molar-refractivity contribution >= 4 is 33.5 Å². The van der Waals surface area contributed by atoms with Crippen molar-refractivity contribution in [3.05, 3.63) is 33.5 Å². The van der Waals surface area contributed by atoms with E-state index in [4.69, 9.17) is 4.74 Å². The van der Waals surface area contributed by atoms with E-state index >= 15 is 0 Å². The van der Waals surface area contributed by atoms with Gasteiger partial charge in [-0.25, -0.2) is 4.98 Å². The molecule has 0 saturated heterocycles. The molecule has 0 fully saturated rings. The highest BCUT2D eigenvalue weighted by Gasteiger charge is 2.06. The molecule has 0 bridgehead atoms. The van der Waals surface area contributed by atoms with Crippen LogP contribution in [-0.2, 0) is 6.42 Å². The Morgan fingerprint density at radius 2 is 2.07 bits per heavy atom. The second-order valence-electron chi connectivity index (χ2n) is 3.30. The molecule has 78 valence electrons. The fraction of sp³-hybridized carbons (Fsp3) is 0.250. The molecule has 15 heavy (non-hydrogen) atoms. The number of methoxy groups -OCH3 is 1. The van der Waals surface area contributed by atoms with Gasteiger partial charge in [-0.05, 0) is 53.3 Å². The number of pyridine rings is 1. The van der Waals surface area contributed by atoms with Crippen LogP contribution in [0.15, 0.2) is 24.3 Å². The molecule has 0 radical (unpaired) electrons. The van der Waals surface area contributed by atoms with E-state index < -0.39 is 0 Å². The topological polar surface area (TPSA) is 22.1 Å². The summed E-state index contributed by atoms with van der Waals surface area (Å²) in [6.07, 6.45) is 0.949. The Bertz CT molecular complexity index is 496. The summed E-state index contributed by atoms with van der Waals surface area (Å²) in [6.45, 7) is 2.11. The minimum atomic E-state index is 0.848. The van der Waals surface area contributed by atoms with Crippen LogP contribution in [0.4, 0.5) is 0 Å². The third kappa shape index (κ3) is 1.93. The van der Waals surface area contributed by atoms with Gasteiger partial charge in [0.15, 0.2) is 0 Å². The first-order chi connectivity index (χ1) is 7.26. The third-order valence-electron chi connectivity index (χ3n) is 2.41. The lowest BCUT2D eigenvalue weighted by molar-refractivity contribution is 0.418. The number of aromatic nitrogens is 1. The summed E-state index contributed by atoms with van der Waals surface area (Å²) < 4.78 is 6.52. The van der Waals surface area contributed by atoms with Crippen molar-refractivity contribution in [1.82, 2.24) is 4.98 Å². The molecule has 1 aromatic heterocycles. The van der Waals surface area contributed by atoms with Gasteiger partial charge in [-0.1, -0.05) is 6.92 Å². The summed E-state index contributed by atoms with van der Waals surface area (Å²) in [6, 6.07) is 8.21. The van der Waals surface area contributed by atoms with E-state index in [2.05, 4.69) is 52.7 Å². The average molecular weight is 313 g/mol. The average Bonchev–Trinajstić information content (AvgIpc) is 2.29. The lowest BCUT2D eigenvalue weighted by Gasteiger charge is -2.07. The van der Waals surface area contributed by atoms with Crippen LogP contribution in [0.2, 0.25) is 0 Å². The van der Waals surface area contributed by atoms with Gasteiger partial charge in [0, 0.05) is 14.7 Å². The van der Waals surface area contributed by atoms with E-state index in [-0.39, 0.29) is 0 Å². The second-order valence-corrected chi connectivity index (χ2v) is 4.46. The molecule has 0 aliphatic rings. The Morgan fingerprint density at radius 1 is 1.27 bits per heavy atom. The summed E-state index contributed by atoms with van der Waals surface area (Å²) in [5.74, 6) is 0.848. The Labute approximate surface area is 103 Å². The predicted molar refractivity (Wildman–Crippen MR) is 70.4 cm³/mol. The first kappa shape index (κ1) is 10.7. The van der Waals surface area contributed by atoms with Gasteiger partial charge < -0.3 is 4.74 Å². The van der Waals surface area contributed by atoms with Crippen molar-refractivity contribution in [3.8, 4) is 5.75 Å². The number of hydrogen-bond donors (Lipinski definition) is 0. The molecule has 1 aromatic carbocycles. The molecule has 0 spiro atoms. The molecular weight excluding hydrogens is 301 g/mol. The molecule has 0 N–H and O–H groups in total. The van der Waals surface area contributed by atoms with Gasteiger partial charge in [0.25, 0.3) is 0 Å². The maximum Gasteiger partial charge on any atom is 0.145 e. The van der Waals surface area contributed by atoms with Gasteiger partial charge >= 0.3 is 0 Å². The molecule has 0 atom stereocenters. The van der Waals surface area contributed by atoms with Gasteiger partial charge in [0.2, 0.25) is 0 Å². The maximum absolute atomic E-state index is 5.32. The van der Waals surface area contributed by atoms with Gasteiger partial charge in [-0.3, -0.25) is 0 Å². The number of halogens is 1. The number of ether oxygens (including phenoxy) is 1. The van der Waals surface area contributed by atoms with Crippen LogP contribution in [0.5, 0.6) is 5.75 Å². The smallest absolute Gasteiger partial charge is 0.145 e. The zero-order valence-corrected chi connectivity index (χ0v) is 10.9. The zero-order chi connectivity index (χ0) is 10.8. The van der Waals surface area contributed by atoms with Gasteiger partial charge in [0.05, 0.1) is 7.11 Å². The zero-order valence-electron chi connectivity index (χ0n) is 8.75. The molecule has 2 nitrogen and oxygen atoms in total. The number of nitrogens with zero attached hydrogens (tertiary/aromatic N) is 1. The van der Waals surface area contributed by atoms with Crippen molar-refractivity contribution in [2.75, 3.05) is 7.11 Å². The van der Waals surface area contributed by atoms with E-state index in [9.17, 15) is 0 Å². The summed E-state index contributed by atoms with van der Waals surface area (Å²) in [4.78, 5) is 4.60. The molecule has 1 heterocycles. The van der Waals surface area contributed by atoms with E-state index in [0.29, 0.717) is 0 Å². The SMILES string of the molecule is CCc1ccc2c(I)ccc(OC)c2n1. The maximum atomic E-state index is 5.32. The highest BCUT2D eigenvalue weighted by Crippen LogP contribution is 2.28. The van der Waals surface area contributed by atoms with Crippen molar-refractivity contribution in [2.24, 2.45) is 0 Å². The standard InChI is InChI=1S/C12H12INO/c1-3-8-4-5-9-10(13)6-7-11(15-2)12(9)14-8/h4-7H,3H2,1-2H3. The molecule has 3 heteroatoms. The Kier molecular flexibility index (Phi) is 3.09. The molecule has 0 amide bonds. The summed E-state index contributed by atoms with van der Waals surface area (Å²) in [5, 5.41) is 1.16. The van der Waals surface area contributed by atoms with E-state index in [1.165, 1.54) is 3.57 Å². The molecule has 2 aromatic rings. The number of benzene rings is 1. The third-order valence-corrected chi connectivity index (χ3v) is 3.35. The minimum Gasteiger partial charge on any atom is -0.494 e. The second kappa shape index (κ2) is 4.35. The van der Waals surface area contributed by atoms with E-state index in [1.807, 2.05) is 6.07 Å². The van der Waals surface area contributed by atoms with Crippen LogP contribution in [0.3, 0.4) is 0 Å². The first-order valence-electron chi connectivity index (χ1n) is 4.88. The van der Waals surface area contributed by atoms with Crippen LogP contribution < -0.4 is 4.74 Å². The predicted octanol–water partition coefficient (Wildman–Crippen LogP) is 3.41. The van der Waals surface area contributed by atoms with E-state index in [0.717, 1.165) is 28.8 Å². The van der Waals surface area contributed by atoms with Crippen LogP contribution in [0.1, 0.15) is 12.6 Å². The fourth-order valence-corrected chi connectivity index (χ4v) is 2.17. The fourth-order valence-electron chi connectivity index (χ4n) is 1.56. The van der Waals surface area contributed by atoms with Crippen molar-refractivity contribution in [3.63, 3.8) is 0 Å². The van der Waals surface area contributed by atoms with Crippen molar-refractivity contribution in [1.29, 1.82) is 0 Å². The van der Waals surface area contributed by atoms with Gasteiger partial charge in [0.1, 0.15) is 11.3 Å². The van der Waals surface area contributed by atoms with Crippen LogP contribution in [0, 0.1) is 3.57 Å². The Morgan fingerprint density at radius 3 is 2.73 bits per heavy atom. The number of rotatable bonds is 2. The Balaban J connectivity index is 2.77. The van der Waals surface area contributed by atoms with Crippen molar-refractivity contribution < 1.29 is 4.74 Å². The molecule has 0 aliphatic heterocycles. The quantitative estimate of drug-likeness (QED) is 0.793. The van der Waals surface area contributed by atoms with Crippen LogP contribution in [0.25, 0.3) is 10.9 Å². The monoisotopic (exact) mass is 313 g/mol. The lowest BCUT2D eigenvalue weighted by Crippen LogP contribution is -1.93. The van der Waals surface area contributed by atoms with Crippen LogP contribution in [-0.4, -0.2) is 12.1 Å². The molecular formula is C12H12INO. The largest absolute Gasteiger partial charge is 0.494 e. The van der Waals surface area contributed by atoms with E-state index in [1.54, 1.807) is 7.11 Å². The highest BCUT2D eigenvalue weighted by atomic mass is 127. The molecule has 2 rings (SSSR count). The summed E-state index contributed by atoms with van der Waals surface area (Å²) in [5.41, 5.74) is 2.06. The molecule has 0 saturated carbocycles. The number of fused-ring (bicyclic) bond motifs is 1. The highest BCUT2D eigenvalue weighted by molar-refractivity contribution is 14.1. The summed E-state index contributed by atoms with van der Waals surface area (Å²) >= 11 is 2.32. The lowest BCUT2D eigenvalue weighted by atomic mass is 10.2. The Hall–Kier alpha value is -0.840.